The molecule has 0 N–H and O–H groups in total. The molecule has 2 aliphatic rings. The Morgan fingerprint density at radius 3 is 1.78 bits per heavy atom. The predicted molar refractivity (Wildman–Crippen MR) is 98.9 cm³/mol. The smallest absolute Gasteiger partial charge is 0.0603 e. The Balaban J connectivity index is 1.60. The summed E-state index contributed by atoms with van der Waals surface area (Å²) in [7, 11) is 0. The Kier molecular flexibility index (Phi) is 7.37. The topological polar surface area (TPSA) is 15.7 Å². The van der Waals surface area contributed by atoms with Crippen LogP contribution in [-0.2, 0) is 4.74 Å². The van der Waals surface area contributed by atoms with Gasteiger partial charge in [-0.15, -0.1) is 0 Å². The average molecular weight is 325 g/mol. The third kappa shape index (κ3) is 7.53. The standard InChI is InChI=1S/C20H40N2O/c1-17(2)6-11-21-12-7-18(8-13-21)23-19-9-14-22(15-10-19)16-20(3,4)5/h17-19H,6-16H2,1-5H3. The van der Waals surface area contributed by atoms with E-state index in [2.05, 4.69) is 44.4 Å². The summed E-state index contributed by atoms with van der Waals surface area (Å²) in [6, 6.07) is 0. The number of hydrogen-bond acceptors (Lipinski definition) is 3. The van der Waals surface area contributed by atoms with Crippen LogP contribution < -0.4 is 0 Å². The zero-order chi connectivity index (χ0) is 16.9. The van der Waals surface area contributed by atoms with Crippen molar-refractivity contribution in [3.63, 3.8) is 0 Å². The molecule has 3 nitrogen and oxygen atoms in total. The molecule has 136 valence electrons. The van der Waals surface area contributed by atoms with Gasteiger partial charge in [0.25, 0.3) is 0 Å². The molecule has 0 aromatic rings. The van der Waals surface area contributed by atoms with E-state index in [1.54, 1.807) is 0 Å². The minimum atomic E-state index is 0.413. The summed E-state index contributed by atoms with van der Waals surface area (Å²) < 4.78 is 6.43. The monoisotopic (exact) mass is 324 g/mol. The van der Waals surface area contributed by atoms with E-state index in [1.807, 2.05) is 0 Å². The summed E-state index contributed by atoms with van der Waals surface area (Å²) in [6.07, 6.45) is 7.29. The zero-order valence-electron chi connectivity index (χ0n) is 16.3. The molecule has 0 radical (unpaired) electrons. The molecule has 23 heavy (non-hydrogen) atoms. The van der Waals surface area contributed by atoms with Crippen molar-refractivity contribution in [1.82, 2.24) is 9.80 Å². The molecule has 0 atom stereocenters. The van der Waals surface area contributed by atoms with Crippen LogP contribution in [0.1, 0.15) is 66.7 Å². The average Bonchev–Trinajstić information content (AvgIpc) is 2.47. The minimum absolute atomic E-state index is 0.413. The van der Waals surface area contributed by atoms with Crippen molar-refractivity contribution in [2.24, 2.45) is 11.3 Å². The van der Waals surface area contributed by atoms with E-state index in [0.717, 1.165) is 5.92 Å². The maximum Gasteiger partial charge on any atom is 0.0603 e. The SMILES string of the molecule is CC(C)CCN1CCC(OC2CCN(CC(C)(C)C)CC2)CC1. The third-order valence-corrected chi connectivity index (χ3v) is 5.17. The normalized spacial score (nSPS) is 23.7. The lowest BCUT2D eigenvalue weighted by atomic mass is 9.94. The van der Waals surface area contributed by atoms with Crippen molar-refractivity contribution < 1.29 is 4.74 Å². The fourth-order valence-corrected chi connectivity index (χ4v) is 3.86. The van der Waals surface area contributed by atoms with Crippen molar-refractivity contribution in [3.05, 3.63) is 0 Å². The van der Waals surface area contributed by atoms with Crippen LogP contribution in [0.5, 0.6) is 0 Å². The highest BCUT2D eigenvalue weighted by Gasteiger charge is 2.27. The summed E-state index contributed by atoms with van der Waals surface area (Å²) in [6.45, 7) is 19.0. The molecule has 0 saturated carbocycles. The molecule has 0 aliphatic carbocycles. The van der Waals surface area contributed by atoms with Gasteiger partial charge in [-0.1, -0.05) is 34.6 Å². The van der Waals surface area contributed by atoms with Crippen molar-refractivity contribution in [1.29, 1.82) is 0 Å². The number of piperidine rings is 2. The largest absolute Gasteiger partial charge is 0.375 e. The van der Waals surface area contributed by atoms with Gasteiger partial charge in [0, 0.05) is 32.7 Å². The molecule has 0 spiro atoms. The number of hydrogen-bond donors (Lipinski definition) is 0. The van der Waals surface area contributed by atoms with Crippen LogP contribution in [-0.4, -0.2) is 61.3 Å². The third-order valence-electron chi connectivity index (χ3n) is 5.17. The summed E-state index contributed by atoms with van der Waals surface area (Å²) >= 11 is 0. The van der Waals surface area contributed by atoms with Crippen molar-refractivity contribution in [2.45, 2.75) is 78.9 Å². The van der Waals surface area contributed by atoms with Crippen LogP contribution in [0.2, 0.25) is 0 Å². The highest BCUT2D eigenvalue weighted by molar-refractivity contribution is 4.79. The molecule has 0 bridgehead atoms. The van der Waals surface area contributed by atoms with Crippen LogP contribution in [0.15, 0.2) is 0 Å². The first kappa shape index (κ1) is 19.2. The fourth-order valence-electron chi connectivity index (χ4n) is 3.86. The van der Waals surface area contributed by atoms with Gasteiger partial charge in [0.15, 0.2) is 0 Å². The second kappa shape index (κ2) is 8.82. The molecule has 2 saturated heterocycles. The summed E-state index contributed by atoms with van der Waals surface area (Å²) in [5, 5.41) is 0. The van der Waals surface area contributed by atoms with E-state index in [1.165, 1.54) is 71.4 Å². The molecule has 2 aliphatic heterocycles. The van der Waals surface area contributed by atoms with Crippen LogP contribution >= 0.6 is 0 Å². The lowest BCUT2D eigenvalue weighted by Crippen LogP contribution is -2.44. The molecular weight excluding hydrogens is 284 g/mol. The second-order valence-corrected chi connectivity index (χ2v) is 9.40. The number of nitrogens with zero attached hydrogens (tertiary/aromatic N) is 2. The lowest BCUT2D eigenvalue weighted by molar-refractivity contribution is -0.0672. The van der Waals surface area contributed by atoms with E-state index < -0.39 is 0 Å². The highest BCUT2D eigenvalue weighted by Crippen LogP contribution is 2.23. The van der Waals surface area contributed by atoms with Crippen LogP contribution in [0.3, 0.4) is 0 Å². The van der Waals surface area contributed by atoms with Gasteiger partial charge in [-0.3, -0.25) is 0 Å². The first-order valence-corrected chi connectivity index (χ1v) is 9.92. The molecule has 0 aromatic heterocycles. The molecular formula is C20H40N2O. The van der Waals surface area contributed by atoms with Crippen molar-refractivity contribution >= 4 is 0 Å². The minimum Gasteiger partial charge on any atom is -0.375 e. The first-order chi connectivity index (χ1) is 10.8. The Morgan fingerprint density at radius 2 is 1.35 bits per heavy atom. The molecule has 2 fully saturated rings. The van der Waals surface area contributed by atoms with Gasteiger partial charge < -0.3 is 14.5 Å². The quantitative estimate of drug-likeness (QED) is 0.734. The van der Waals surface area contributed by atoms with E-state index in [0.29, 0.717) is 17.6 Å². The van der Waals surface area contributed by atoms with Crippen molar-refractivity contribution in [2.75, 3.05) is 39.3 Å². The van der Waals surface area contributed by atoms with Gasteiger partial charge >= 0.3 is 0 Å². The zero-order valence-corrected chi connectivity index (χ0v) is 16.3. The molecule has 3 heteroatoms. The summed E-state index contributed by atoms with van der Waals surface area (Å²) in [5.41, 5.74) is 0.413. The Bertz CT molecular complexity index is 321. The van der Waals surface area contributed by atoms with Crippen molar-refractivity contribution in [3.8, 4) is 0 Å². The van der Waals surface area contributed by atoms with Gasteiger partial charge in [0.1, 0.15) is 0 Å². The van der Waals surface area contributed by atoms with Gasteiger partial charge in [-0.05, 0) is 50.0 Å². The summed E-state index contributed by atoms with van der Waals surface area (Å²) in [5.74, 6) is 0.822. The number of ether oxygens (including phenoxy) is 1. The van der Waals surface area contributed by atoms with E-state index in [9.17, 15) is 0 Å². The van der Waals surface area contributed by atoms with Gasteiger partial charge in [-0.25, -0.2) is 0 Å². The lowest BCUT2D eigenvalue weighted by Gasteiger charge is -2.38. The maximum atomic E-state index is 6.43. The molecule has 2 heterocycles. The summed E-state index contributed by atoms with van der Waals surface area (Å²) in [4.78, 5) is 5.25. The molecule has 0 unspecified atom stereocenters. The number of likely N-dealkylation sites (tertiary alicyclic amines) is 2. The number of rotatable bonds is 6. The predicted octanol–water partition coefficient (Wildman–Crippen LogP) is 4.02. The van der Waals surface area contributed by atoms with Crippen LogP contribution in [0.4, 0.5) is 0 Å². The molecule has 2 rings (SSSR count). The van der Waals surface area contributed by atoms with Crippen LogP contribution in [0, 0.1) is 11.3 Å². The van der Waals surface area contributed by atoms with E-state index >= 15 is 0 Å². The fraction of sp³-hybridized carbons (Fsp3) is 1.00. The second-order valence-electron chi connectivity index (χ2n) is 9.40. The van der Waals surface area contributed by atoms with Crippen LogP contribution in [0.25, 0.3) is 0 Å². The molecule has 0 aromatic carbocycles. The first-order valence-electron chi connectivity index (χ1n) is 9.92. The Labute approximate surface area is 144 Å². The van der Waals surface area contributed by atoms with Gasteiger partial charge in [0.2, 0.25) is 0 Å². The van der Waals surface area contributed by atoms with E-state index in [4.69, 9.17) is 4.74 Å². The van der Waals surface area contributed by atoms with Gasteiger partial charge in [0.05, 0.1) is 12.2 Å². The Hall–Kier alpha value is -0.120. The highest BCUT2D eigenvalue weighted by atomic mass is 16.5. The van der Waals surface area contributed by atoms with E-state index in [-0.39, 0.29) is 0 Å². The Morgan fingerprint density at radius 1 is 0.870 bits per heavy atom. The maximum absolute atomic E-state index is 6.43. The van der Waals surface area contributed by atoms with Gasteiger partial charge in [-0.2, -0.15) is 0 Å². The molecule has 0 amide bonds.